The average molecular weight is 310 g/mol. The van der Waals surface area contributed by atoms with Gasteiger partial charge in [-0.25, -0.2) is 9.59 Å². The Labute approximate surface area is 127 Å². The van der Waals surface area contributed by atoms with Crippen molar-refractivity contribution in [2.75, 3.05) is 24.8 Å². The van der Waals surface area contributed by atoms with Gasteiger partial charge in [0.05, 0.1) is 0 Å². The number of hydrogen-bond donors (Lipinski definition) is 3. The summed E-state index contributed by atoms with van der Waals surface area (Å²) in [6.45, 7) is 0.656. The number of aliphatic carboxylic acids is 1. The van der Waals surface area contributed by atoms with Crippen LogP contribution in [-0.2, 0) is 9.53 Å². The van der Waals surface area contributed by atoms with Gasteiger partial charge in [-0.05, 0) is 24.5 Å². The van der Waals surface area contributed by atoms with Gasteiger partial charge in [-0.1, -0.05) is 6.07 Å². The van der Waals surface area contributed by atoms with Crippen LogP contribution in [0.1, 0.15) is 12.8 Å². The highest BCUT2D eigenvalue weighted by Crippen LogP contribution is 2.22. The lowest BCUT2D eigenvalue weighted by Gasteiger charge is -2.33. The highest BCUT2D eigenvalue weighted by Gasteiger charge is 2.41. The van der Waals surface area contributed by atoms with Gasteiger partial charge in [0.15, 0.2) is 0 Å². The maximum absolute atomic E-state index is 12.1. The van der Waals surface area contributed by atoms with Crippen LogP contribution in [0.2, 0.25) is 0 Å². The Bertz CT molecular complexity index is 529. The quantitative estimate of drug-likeness (QED) is 0.742. The summed E-state index contributed by atoms with van der Waals surface area (Å²) in [5.41, 5.74) is -0.619. The van der Waals surface area contributed by atoms with E-state index in [0.29, 0.717) is 18.9 Å². The molecule has 1 heterocycles. The second-order valence-electron chi connectivity index (χ2n) is 4.81. The third-order valence-corrected chi connectivity index (χ3v) is 4.16. The number of carbonyl (C=O) groups excluding carboxylic acids is 1. The molecule has 0 atom stereocenters. The van der Waals surface area contributed by atoms with E-state index in [-0.39, 0.29) is 12.8 Å². The van der Waals surface area contributed by atoms with Gasteiger partial charge in [0.25, 0.3) is 0 Å². The summed E-state index contributed by atoms with van der Waals surface area (Å²) in [4.78, 5) is 24.5. The Morgan fingerprint density at radius 1 is 1.33 bits per heavy atom. The number of anilines is 1. The molecule has 0 unspecified atom stereocenters. The standard InChI is InChI=1S/C14H18N2O4S/c1-21-11-4-2-3-10(9-11)15-13(19)16-14(12(17)18)5-7-20-8-6-14/h2-4,9H,5-8H2,1H3,(H,17,18)(H2,15,16,19). The third kappa shape index (κ3) is 3.89. The molecule has 21 heavy (non-hydrogen) atoms. The molecule has 114 valence electrons. The molecule has 1 aliphatic heterocycles. The van der Waals surface area contributed by atoms with Crippen molar-refractivity contribution < 1.29 is 19.4 Å². The van der Waals surface area contributed by atoms with Gasteiger partial charge >= 0.3 is 12.0 Å². The van der Waals surface area contributed by atoms with Gasteiger partial charge < -0.3 is 20.5 Å². The van der Waals surface area contributed by atoms with E-state index in [1.165, 1.54) is 0 Å². The van der Waals surface area contributed by atoms with Crippen LogP contribution in [0.3, 0.4) is 0 Å². The summed E-state index contributed by atoms with van der Waals surface area (Å²) in [6.07, 6.45) is 2.47. The van der Waals surface area contributed by atoms with Crippen LogP contribution < -0.4 is 10.6 Å². The summed E-state index contributed by atoms with van der Waals surface area (Å²) in [5, 5.41) is 14.6. The van der Waals surface area contributed by atoms with E-state index in [4.69, 9.17) is 4.74 Å². The molecule has 0 aliphatic carbocycles. The molecule has 2 rings (SSSR count). The number of ether oxygens (including phenoxy) is 1. The predicted octanol–water partition coefficient (Wildman–Crippen LogP) is 2.16. The molecule has 6 nitrogen and oxygen atoms in total. The summed E-state index contributed by atoms with van der Waals surface area (Å²) >= 11 is 1.57. The van der Waals surface area contributed by atoms with Crippen LogP contribution in [0.4, 0.5) is 10.5 Å². The Morgan fingerprint density at radius 2 is 2.05 bits per heavy atom. The number of urea groups is 1. The second kappa shape index (κ2) is 6.82. The smallest absolute Gasteiger partial charge is 0.329 e. The molecule has 0 aromatic heterocycles. The lowest BCUT2D eigenvalue weighted by molar-refractivity contribution is -0.148. The van der Waals surface area contributed by atoms with Gasteiger partial charge in [-0.3, -0.25) is 0 Å². The number of nitrogens with one attached hydrogen (secondary N) is 2. The van der Waals surface area contributed by atoms with Crippen LogP contribution in [0.5, 0.6) is 0 Å². The molecule has 1 aromatic carbocycles. The second-order valence-corrected chi connectivity index (χ2v) is 5.69. The lowest BCUT2D eigenvalue weighted by Crippen LogP contribution is -2.58. The minimum Gasteiger partial charge on any atom is -0.480 e. The van der Waals surface area contributed by atoms with E-state index < -0.39 is 17.5 Å². The molecule has 2 amide bonds. The average Bonchev–Trinajstić information content (AvgIpc) is 2.48. The van der Waals surface area contributed by atoms with Crippen molar-refractivity contribution in [3.8, 4) is 0 Å². The predicted molar refractivity (Wildman–Crippen MR) is 80.8 cm³/mol. The van der Waals surface area contributed by atoms with E-state index in [1.54, 1.807) is 17.8 Å². The van der Waals surface area contributed by atoms with Crippen molar-refractivity contribution >= 4 is 29.4 Å². The first kappa shape index (κ1) is 15.7. The first-order valence-electron chi connectivity index (χ1n) is 6.60. The number of benzene rings is 1. The number of amides is 2. The van der Waals surface area contributed by atoms with Gasteiger partial charge in [-0.15, -0.1) is 11.8 Å². The Balaban J connectivity index is 2.03. The van der Waals surface area contributed by atoms with Gasteiger partial charge in [0.2, 0.25) is 0 Å². The number of carboxylic acids is 1. The minimum atomic E-state index is -1.25. The lowest BCUT2D eigenvalue weighted by atomic mass is 9.90. The van der Waals surface area contributed by atoms with E-state index >= 15 is 0 Å². The largest absolute Gasteiger partial charge is 0.480 e. The molecule has 0 radical (unpaired) electrons. The molecule has 3 N–H and O–H groups in total. The summed E-state index contributed by atoms with van der Waals surface area (Å²) < 4.78 is 5.17. The van der Waals surface area contributed by atoms with Crippen molar-refractivity contribution in [3.05, 3.63) is 24.3 Å². The van der Waals surface area contributed by atoms with Crippen LogP contribution >= 0.6 is 11.8 Å². The van der Waals surface area contributed by atoms with Crippen molar-refractivity contribution in [2.45, 2.75) is 23.3 Å². The molecular weight excluding hydrogens is 292 g/mol. The van der Waals surface area contributed by atoms with E-state index in [2.05, 4.69) is 10.6 Å². The number of hydrogen-bond acceptors (Lipinski definition) is 4. The molecule has 1 aromatic rings. The SMILES string of the molecule is CSc1cccc(NC(=O)NC2(C(=O)O)CCOCC2)c1. The summed E-state index contributed by atoms with van der Waals surface area (Å²) in [5.74, 6) is -1.03. The van der Waals surface area contributed by atoms with E-state index in [0.717, 1.165) is 4.90 Å². The molecule has 1 aliphatic rings. The van der Waals surface area contributed by atoms with Crippen LogP contribution in [0.25, 0.3) is 0 Å². The molecule has 0 saturated carbocycles. The summed E-state index contributed by atoms with van der Waals surface area (Å²) in [6, 6.07) is 6.85. The Morgan fingerprint density at radius 3 is 2.67 bits per heavy atom. The third-order valence-electron chi connectivity index (χ3n) is 3.44. The zero-order chi connectivity index (χ0) is 15.3. The maximum atomic E-state index is 12.1. The maximum Gasteiger partial charge on any atom is 0.329 e. The van der Waals surface area contributed by atoms with E-state index in [9.17, 15) is 14.7 Å². The van der Waals surface area contributed by atoms with Gasteiger partial charge in [0.1, 0.15) is 5.54 Å². The van der Waals surface area contributed by atoms with Crippen molar-refractivity contribution in [3.63, 3.8) is 0 Å². The number of rotatable bonds is 4. The van der Waals surface area contributed by atoms with Crippen molar-refractivity contribution in [1.29, 1.82) is 0 Å². The normalized spacial score (nSPS) is 17.0. The highest BCUT2D eigenvalue weighted by atomic mass is 32.2. The molecular formula is C14H18N2O4S. The monoisotopic (exact) mass is 310 g/mol. The molecule has 1 saturated heterocycles. The zero-order valence-corrected chi connectivity index (χ0v) is 12.5. The van der Waals surface area contributed by atoms with E-state index in [1.807, 2.05) is 24.5 Å². The fraction of sp³-hybridized carbons (Fsp3) is 0.429. The highest BCUT2D eigenvalue weighted by molar-refractivity contribution is 7.98. The summed E-state index contributed by atoms with van der Waals surface area (Å²) in [7, 11) is 0. The van der Waals surface area contributed by atoms with Gasteiger partial charge in [0, 0.05) is 36.6 Å². The first-order valence-corrected chi connectivity index (χ1v) is 7.82. The fourth-order valence-electron chi connectivity index (χ4n) is 2.19. The first-order chi connectivity index (χ1) is 10.1. The van der Waals surface area contributed by atoms with Crippen LogP contribution in [0.15, 0.2) is 29.2 Å². The Hall–Kier alpha value is -1.73. The van der Waals surface area contributed by atoms with Crippen molar-refractivity contribution in [1.82, 2.24) is 5.32 Å². The van der Waals surface area contributed by atoms with Crippen LogP contribution in [-0.4, -0.2) is 42.1 Å². The molecule has 1 fully saturated rings. The fourth-order valence-corrected chi connectivity index (χ4v) is 2.65. The zero-order valence-electron chi connectivity index (χ0n) is 11.7. The number of carbonyl (C=O) groups is 2. The molecule has 0 spiro atoms. The number of carboxylic acid groups (broad SMARTS) is 1. The van der Waals surface area contributed by atoms with Crippen molar-refractivity contribution in [2.24, 2.45) is 0 Å². The minimum absolute atomic E-state index is 0.264. The van der Waals surface area contributed by atoms with Crippen LogP contribution in [0, 0.1) is 0 Å². The van der Waals surface area contributed by atoms with Gasteiger partial charge in [-0.2, -0.15) is 0 Å². The molecule has 7 heteroatoms. The number of thioether (sulfide) groups is 1. The topological polar surface area (TPSA) is 87.7 Å². The Kier molecular flexibility index (Phi) is 5.08. The molecule has 0 bridgehead atoms.